The average molecular weight is 411 g/mol. The van der Waals surface area contributed by atoms with Crippen LogP contribution in [-0.2, 0) is 9.59 Å². The molecule has 2 heterocycles. The number of amides is 2. The molecule has 1 aromatic carbocycles. The van der Waals surface area contributed by atoms with Gasteiger partial charge in [-0.05, 0) is 30.7 Å². The van der Waals surface area contributed by atoms with E-state index in [-0.39, 0.29) is 18.4 Å². The summed E-state index contributed by atoms with van der Waals surface area (Å²) in [6, 6.07) is 9.44. The number of aromatic amines is 1. The van der Waals surface area contributed by atoms with Crippen LogP contribution in [-0.4, -0.2) is 50.0 Å². The van der Waals surface area contributed by atoms with Gasteiger partial charge in [0.25, 0.3) is 0 Å². The van der Waals surface area contributed by atoms with Crippen LogP contribution in [0.5, 0.6) is 0 Å². The highest BCUT2D eigenvalue weighted by molar-refractivity contribution is 5.78. The number of hydrogen-bond donors (Lipinski definition) is 2. The number of aromatic nitrogens is 2. The summed E-state index contributed by atoms with van der Waals surface area (Å²) in [4.78, 5) is 34.1. The van der Waals surface area contributed by atoms with Gasteiger partial charge >= 0.3 is 0 Å². The molecule has 30 heavy (non-hydrogen) atoms. The summed E-state index contributed by atoms with van der Waals surface area (Å²) in [6.45, 7) is 0.674. The highest BCUT2D eigenvalue weighted by Gasteiger charge is 2.34. The number of hydrogen-bond acceptors (Lipinski definition) is 4. The maximum atomic E-state index is 13.1. The van der Waals surface area contributed by atoms with Gasteiger partial charge < -0.3 is 9.88 Å². The monoisotopic (exact) mass is 410 g/mol. The molecule has 0 bridgehead atoms. The number of hydroxylamine groups is 2. The second-order valence-electron chi connectivity index (χ2n) is 8.52. The summed E-state index contributed by atoms with van der Waals surface area (Å²) in [5.74, 6) is 1.24. The molecule has 0 radical (unpaired) electrons. The van der Waals surface area contributed by atoms with Gasteiger partial charge in [-0.25, -0.2) is 10.0 Å². The van der Waals surface area contributed by atoms with Gasteiger partial charge in [-0.15, -0.1) is 0 Å². The van der Waals surface area contributed by atoms with Crippen molar-refractivity contribution in [1.82, 2.24) is 19.9 Å². The van der Waals surface area contributed by atoms with E-state index in [4.69, 9.17) is 0 Å². The molecule has 0 spiro atoms. The van der Waals surface area contributed by atoms with Gasteiger partial charge in [0, 0.05) is 13.0 Å². The first-order valence-electron chi connectivity index (χ1n) is 11.0. The zero-order valence-corrected chi connectivity index (χ0v) is 17.2. The highest BCUT2D eigenvalue weighted by atomic mass is 16.5. The number of rotatable bonds is 8. The zero-order valence-electron chi connectivity index (χ0n) is 17.2. The summed E-state index contributed by atoms with van der Waals surface area (Å²) in [7, 11) is 0. The third kappa shape index (κ3) is 4.56. The smallest absolute Gasteiger partial charge is 0.233 e. The van der Waals surface area contributed by atoms with Crippen molar-refractivity contribution in [2.24, 2.45) is 5.92 Å². The summed E-state index contributed by atoms with van der Waals surface area (Å²) >= 11 is 0. The molecule has 4 rings (SSSR count). The van der Waals surface area contributed by atoms with Gasteiger partial charge in [0.15, 0.2) is 0 Å². The van der Waals surface area contributed by atoms with Gasteiger partial charge in [-0.2, -0.15) is 0 Å². The van der Waals surface area contributed by atoms with Crippen molar-refractivity contribution in [3.05, 3.63) is 42.4 Å². The molecular weight excluding hydrogens is 380 g/mol. The maximum absolute atomic E-state index is 13.1. The normalized spacial score (nSPS) is 20.4. The Balaban J connectivity index is 1.45. The molecule has 7 heteroatoms. The van der Waals surface area contributed by atoms with Crippen molar-refractivity contribution in [2.75, 3.05) is 6.54 Å². The number of benzene rings is 1. The van der Waals surface area contributed by atoms with E-state index >= 15 is 0 Å². The van der Waals surface area contributed by atoms with E-state index in [1.165, 1.54) is 12.8 Å². The quantitative estimate of drug-likeness (QED) is 0.392. The van der Waals surface area contributed by atoms with Crippen LogP contribution in [0.1, 0.15) is 63.2 Å². The fourth-order valence-electron chi connectivity index (χ4n) is 4.94. The fourth-order valence-corrected chi connectivity index (χ4v) is 4.94. The van der Waals surface area contributed by atoms with Crippen LogP contribution in [0.25, 0.3) is 11.3 Å². The molecule has 2 amide bonds. The summed E-state index contributed by atoms with van der Waals surface area (Å²) in [5, 5.41) is 10.8. The minimum absolute atomic E-state index is 0.0286. The largest absolute Gasteiger partial charge is 0.340 e. The lowest BCUT2D eigenvalue weighted by Crippen LogP contribution is -2.40. The molecule has 1 aliphatic carbocycles. The fraction of sp³-hybridized carbons (Fsp3) is 0.522. The van der Waals surface area contributed by atoms with E-state index in [0.717, 1.165) is 42.8 Å². The Kier molecular flexibility index (Phi) is 6.47. The van der Waals surface area contributed by atoms with Crippen LogP contribution in [0.15, 0.2) is 36.5 Å². The first kappa shape index (κ1) is 20.6. The molecule has 0 unspecified atom stereocenters. The SMILES string of the molecule is O=CN(O)[C@@H](CC(=O)N1CCC[C@H]1c1ncc(-c2ccccc2)[nH]1)CC1CCCC1. The molecule has 7 nitrogen and oxygen atoms in total. The minimum atomic E-state index is -0.462. The second kappa shape index (κ2) is 9.43. The lowest BCUT2D eigenvalue weighted by molar-refractivity contribution is -0.165. The summed E-state index contributed by atoms with van der Waals surface area (Å²) in [5.41, 5.74) is 2.00. The van der Waals surface area contributed by atoms with E-state index in [2.05, 4.69) is 9.97 Å². The first-order chi connectivity index (χ1) is 14.7. The van der Waals surface area contributed by atoms with Crippen molar-refractivity contribution in [2.45, 2.75) is 63.5 Å². The highest BCUT2D eigenvalue weighted by Crippen LogP contribution is 2.34. The molecule has 1 saturated heterocycles. The Morgan fingerprint density at radius 3 is 2.73 bits per heavy atom. The van der Waals surface area contributed by atoms with E-state index < -0.39 is 6.04 Å². The Bertz CT molecular complexity index is 847. The van der Waals surface area contributed by atoms with Crippen molar-refractivity contribution in [3.63, 3.8) is 0 Å². The van der Waals surface area contributed by atoms with Crippen LogP contribution in [0, 0.1) is 5.92 Å². The lowest BCUT2D eigenvalue weighted by atomic mass is 9.96. The van der Waals surface area contributed by atoms with Gasteiger partial charge in [0.1, 0.15) is 5.82 Å². The molecule has 2 atom stereocenters. The third-order valence-corrected chi connectivity index (χ3v) is 6.54. The van der Waals surface area contributed by atoms with Crippen molar-refractivity contribution >= 4 is 12.3 Å². The Morgan fingerprint density at radius 2 is 2.00 bits per heavy atom. The second-order valence-corrected chi connectivity index (χ2v) is 8.52. The van der Waals surface area contributed by atoms with Crippen LogP contribution in [0.2, 0.25) is 0 Å². The average Bonchev–Trinajstić information content (AvgIpc) is 3.54. The van der Waals surface area contributed by atoms with Gasteiger partial charge in [0.05, 0.1) is 24.0 Å². The van der Waals surface area contributed by atoms with Crippen molar-refractivity contribution < 1.29 is 14.8 Å². The van der Waals surface area contributed by atoms with Crippen molar-refractivity contribution in [1.29, 1.82) is 0 Å². The first-order valence-corrected chi connectivity index (χ1v) is 11.0. The standard InChI is InChI=1S/C23H30N4O3/c28-16-27(30)19(13-17-7-4-5-8-17)14-22(29)26-12-6-11-21(26)23-24-15-20(25-23)18-9-2-1-3-10-18/h1-3,9-10,15-17,19,21,30H,4-8,11-14H2,(H,24,25)/t19-,21+/m1/s1. The van der Waals surface area contributed by atoms with E-state index in [1.807, 2.05) is 41.4 Å². The van der Waals surface area contributed by atoms with Gasteiger partial charge in [-0.3, -0.25) is 14.8 Å². The lowest BCUT2D eigenvalue weighted by Gasteiger charge is -2.29. The van der Waals surface area contributed by atoms with Gasteiger partial charge in [-0.1, -0.05) is 56.0 Å². The molecule has 2 N–H and O–H groups in total. The van der Waals surface area contributed by atoms with Crippen LogP contribution in [0.4, 0.5) is 0 Å². The topological polar surface area (TPSA) is 89.5 Å². The van der Waals surface area contributed by atoms with E-state index in [0.29, 0.717) is 30.4 Å². The predicted octanol–water partition coefficient (Wildman–Crippen LogP) is 3.93. The molecule has 2 aliphatic rings. The molecule has 160 valence electrons. The number of carbonyl (C=O) groups is 2. The van der Waals surface area contributed by atoms with Crippen LogP contribution >= 0.6 is 0 Å². The van der Waals surface area contributed by atoms with Crippen molar-refractivity contribution in [3.8, 4) is 11.3 Å². The summed E-state index contributed by atoms with van der Waals surface area (Å²) < 4.78 is 0. The Hall–Kier alpha value is -2.67. The van der Waals surface area contributed by atoms with Crippen LogP contribution < -0.4 is 0 Å². The number of nitrogens with zero attached hydrogens (tertiary/aromatic N) is 3. The Labute approximate surface area is 177 Å². The number of carbonyl (C=O) groups excluding carboxylic acids is 2. The molecule has 1 saturated carbocycles. The number of nitrogens with one attached hydrogen (secondary N) is 1. The number of H-pyrrole nitrogens is 1. The number of imidazole rings is 1. The van der Waals surface area contributed by atoms with Crippen LogP contribution in [0.3, 0.4) is 0 Å². The maximum Gasteiger partial charge on any atom is 0.233 e. The molecule has 2 aromatic rings. The zero-order chi connectivity index (χ0) is 20.9. The van der Waals surface area contributed by atoms with E-state index in [1.54, 1.807) is 0 Å². The Morgan fingerprint density at radius 1 is 1.23 bits per heavy atom. The van der Waals surface area contributed by atoms with E-state index in [9.17, 15) is 14.8 Å². The molecule has 1 aromatic heterocycles. The summed E-state index contributed by atoms with van der Waals surface area (Å²) in [6.07, 6.45) is 9.44. The van der Waals surface area contributed by atoms with Gasteiger partial charge in [0.2, 0.25) is 12.3 Å². The minimum Gasteiger partial charge on any atom is -0.340 e. The molecule has 2 fully saturated rings. The molecule has 1 aliphatic heterocycles. The predicted molar refractivity (Wildman–Crippen MR) is 112 cm³/mol. The molecular formula is C23H30N4O3. The third-order valence-electron chi connectivity index (χ3n) is 6.54. The number of likely N-dealkylation sites (tertiary alicyclic amines) is 1.